The highest BCUT2D eigenvalue weighted by Crippen LogP contribution is 2.14. The van der Waals surface area contributed by atoms with Gasteiger partial charge in [0.2, 0.25) is 11.8 Å². The van der Waals surface area contributed by atoms with Gasteiger partial charge in [-0.3, -0.25) is 9.59 Å². The van der Waals surface area contributed by atoms with Gasteiger partial charge in [0, 0.05) is 37.8 Å². The van der Waals surface area contributed by atoms with E-state index in [0.717, 1.165) is 11.4 Å². The third-order valence-electron chi connectivity index (χ3n) is 2.24. The Bertz CT molecular complexity index is 418. The highest BCUT2D eigenvalue weighted by atomic mass is 16.2. The Morgan fingerprint density at radius 3 is 2.61 bits per heavy atom. The van der Waals surface area contributed by atoms with Gasteiger partial charge < -0.3 is 16.0 Å². The highest BCUT2D eigenvalue weighted by molar-refractivity contribution is 5.89. The number of nitrogens with one attached hydrogen (secondary N) is 3. The summed E-state index contributed by atoms with van der Waals surface area (Å²) in [5, 5.41) is 8.58. The van der Waals surface area contributed by atoms with Crippen molar-refractivity contribution < 1.29 is 9.59 Å². The molecule has 18 heavy (non-hydrogen) atoms. The molecular weight excluding hydrogens is 230 g/mol. The largest absolute Gasteiger partial charge is 0.384 e. The lowest BCUT2D eigenvalue weighted by molar-refractivity contribution is -0.120. The van der Waals surface area contributed by atoms with Gasteiger partial charge in [-0.05, 0) is 25.1 Å². The first-order chi connectivity index (χ1) is 8.61. The normalized spacial score (nSPS) is 9.67. The second-order valence-corrected chi connectivity index (χ2v) is 3.89. The Labute approximate surface area is 107 Å². The van der Waals surface area contributed by atoms with Gasteiger partial charge in [0.25, 0.3) is 0 Å². The number of hydrogen-bond donors (Lipinski definition) is 3. The average Bonchev–Trinajstić information content (AvgIpc) is 2.29. The number of hydrogen-bond acceptors (Lipinski definition) is 3. The van der Waals surface area contributed by atoms with Crippen LogP contribution < -0.4 is 16.0 Å². The molecule has 3 N–H and O–H groups in total. The fourth-order valence-corrected chi connectivity index (χ4v) is 1.52. The smallest absolute Gasteiger partial charge is 0.221 e. The molecule has 0 atom stereocenters. The summed E-state index contributed by atoms with van der Waals surface area (Å²) >= 11 is 0. The molecule has 5 nitrogen and oxygen atoms in total. The van der Waals surface area contributed by atoms with E-state index in [0.29, 0.717) is 19.5 Å². The van der Waals surface area contributed by atoms with E-state index < -0.39 is 0 Å². The lowest BCUT2D eigenvalue weighted by atomic mass is 10.2. The minimum atomic E-state index is -0.102. The van der Waals surface area contributed by atoms with Gasteiger partial charge in [0.15, 0.2) is 0 Å². The number of amides is 2. The van der Waals surface area contributed by atoms with E-state index in [1.54, 1.807) is 0 Å². The van der Waals surface area contributed by atoms with E-state index in [1.807, 2.05) is 31.2 Å². The summed E-state index contributed by atoms with van der Waals surface area (Å²) in [6, 6.07) is 7.39. The lowest BCUT2D eigenvalue weighted by Gasteiger charge is -2.08. The van der Waals surface area contributed by atoms with Crippen LogP contribution in [-0.4, -0.2) is 24.9 Å². The van der Waals surface area contributed by atoms with Crippen molar-refractivity contribution in [1.29, 1.82) is 0 Å². The van der Waals surface area contributed by atoms with Crippen LogP contribution in [0.1, 0.15) is 20.3 Å². The number of carbonyl (C=O) groups excluding carboxylic acids is 2. The summed E-state index contributed by atoms with van der Waals surface area (Å²) in [6.07, 6.45) is 0.429. The van der Waals surface area contributed by atoms with Crippen LogP contribution in [0.15, 0.2) is 24.3 Å². The molecular formula is C13H19N3O2. The van der Waals surface area contributed by atoms with E-state index in [4.69, 9.17) is 0 Å². The average molecular weight is 249 g/mol. The monoisotopic (exact) mass is 249 g/mol. The van der Waals surface area contributed by atoms with E-state index in [-0.39, 0.29) is 11.8 Å². The Hall–Kier alpha value is -2.04. The summed E-state index contributed by atoms with van der Waals surface area (Å²) in [6.45, 7) is 4.57. The second-order valence-electron chi connectivity index (χ2n) is 3.89. The van der Waals surface area contributed by atoms with Crippen LogP contribution in [0.4, 0.5) is 11.4 Å². The van der Waals surface area contributed by atoms with Crippen LogP contribution in [0.2, 0.25) is 0 Å². The molecule has 0 heterocycles. The molecule has 0 fully saturated rings. The van der Waals surface area contributed by atoms with Crippen LogP contribution >= 0.6 is 0 Å². The number of benzene rings is 1. The van der Waals surface area contributed by atoms with Gasteiger partial charge in [-0.1, -0.05) is 6.07 Å². The molecule has 0 saturated heterocycles. The predicted molar refractivity (Wildman–Crippen MR) is 72.5 cm³/mol. The zero-order valence-electron chi connectivity index (χ0n) is 10.7. The van der Waals surface area contributed by atoms with Crippen molar-refractivity contribution in [3.63, 3.8) is 0 Å². The molecule has 0 aromatic heterocycles. The van der Waals surface area contributed by atoms with Crippen molar-refractivity contribution in [3.05, 3.63) is 24.3 Å². The number of carbonyl (C=O) groups is 2. The molecule has 1 aromatic carbocycles. The molecule has 0 unspecified atom stereocenters. The maximum atomic E-state index is 11.2. The van der Waals surface area contributed by atoms with Crippen LogP contribution in [0.3, 0.4) is 0 Å². The number of anilines is 2. The fourth-order valence-electron chi connectivity index (χ4n) is 1.52. The highest BCUT2D eigenvalue weighted by Gasteiger charge is 2.00. The summed E-state index contributed by atoms with van der Waals surface area (Å²) in [5.41, 5.74) is 1.62. The maximum absolute atomic E-state index is 11.2. The molecule has 0 aliphatic rings. The first-order valence-electron chi connectivity index (χ1n) is 6.00. The Kier molecular flexibility index (Phi) is 5.70. The topological polar surface area (TPSA) is 70.2 Å². The third-order valence-corrected chi connectivity index (χ3v) is 2.24. The fraction of sp³-hybridized carbons (Fsp3) is 0.385. The van der Waals surface area contributed by atoms with Crippen LogP contribution in [0, 0.1) is 0 Å². The van der Waals surface area contributed by atoms with Gasteiger partial charge in [-0.15, -0.1) is 0 Å². The molecule has 0 radical (unpaired) electrons. The second kappa shape index (κ2) is 7.32. The zero-order valence-corrected chi connectivity index (χ0v) is 10.7. The van der Waals surface area contributed by atoms with Crippen LogP contribution in [0.5, 0.6) is 0 Å². The third kappa shape index (κ3) is 5.34. The van der Waals surface area contributed by atoms with Crippen molar-refractivity contribution in [2.75, 3.05) is 23.7 Å². The minimum absolute atomic E-state index is 0.0306. The van der Waals surface area contributed by atoms with Crippen LogP contribution in [0.25, 0.3) is 0 Å². The first-order valence-corrected chi connectivity index (χ1v) is 6.00. The summed E-state index contributed by atoms with van der Waals surface area (Å²) in [4.78, 5) is 22.2. The molecule has 0 aliphatic carbocycles. The van der Waals surface area contributed by atoms with E-state index >= 15 is 0 Å². The Morgan fingerprint density at radius 1 is 1.22 bits per heavy atom. The van der Waals surface area contributed by atoms with Crippen molar-refractivity contribution in [1.82, 2.24) is 5.32 Å². The molecule has 1 aromatic rings. The molecule has 0 spiro atoms. The molecule has 1 rings (SSSR count). The van der Waals surface area contributed by atoms with Crippen molar-refractivity contribution in [2.24, 2.45) is 0 Å². The zero-order chi connectivity index (χ0) is 13.4. The van der Waals surface area contributed by atoms with Crippen molar-refractivity contribution >= 4 is 23.2 Å². The van der Waals surface area contributed by atoms with Gasteiger partial charge >= 0.3 is 0 Å². The summed E-state index contributed by atoms with van der Waals surface area (Å²) < 4.78 is 0. The van der Waals surface area contributed by atoms with Crippen LogP contribution in [-0.2, 0) is 9.59 Å². The molecule has 0 aliphatic heterocycles. The van der Waals surface area contributed by atoms with E-state index in [2.05, 4.69) is 16.0 Å². The quantitative estimate of drug-likeness (QED) is 0.717. The van der Waals surface area contributed by atoms with Gasteiger partial charge in [0.05, 0.1) is 0 Å². The number of rotatable bonds is 6. The van der Waals surface area contributed by atoms with E-state index in [9.17, 15) is 9.59 Å². The summed E-state index contributed by atoms with van der Waals surface area (Å²) in [7, 11) is 0. The maximum Gasteiger partial charge on any atom is 0.221 e. The molecule has 5 heteroatoms. The van der Waals surface area contributed by atoms with Crippen molar-refractivity contribution in [3.8, 4) is 0 Å². The Morgan fingerprint density at radius 2 is 1.94 bits per heavy atom. The standard InChI is InChI=1S/C13H19N3O2/c1-3-14-13(18)7-8-15-11-5-4-6-12(9-11)16-10(2)17/h4-6,9,15H,3,7-8H2,1-2H3,(H,14,18)(H,16,17). The van der Waals surface area contributed by atoms with E-state index in [1.165, 1.54) is 6.92 Å². The molecule has 2 amide bonds. The minimum Gasteiger partial charge on any atom is -0.384 e. The van der Waals surface area contributed by atoms with Gasteiger partial charge in [-0.2, -0.15) is 0 Å². The first kappa shape index (κ1) is 14.0. The molecule has 98 valence electrons. The molecule has 0 bridgehead atoms. The Balaban J connectivity index is 2.42. The molecule has 0 saturated carbocycles. The summed E-state index contributed by atoms with van der Waals surface area (Å²) in [5.74, 6) is -0.0718. The van der Waals surface area contributed by atoms with Gasteiger partial charge in [-0.25, -0.2) is 0 Å². The lowest BCUT2D eigenvalue weighted by Crippen LogP contribution is -2.24. The SMILES string of the molecule is CCNC(=O)CCNc1cccc(NC(C)=O)c1. The van der Waals surface area contributed by atoms with Crippen molar-refractivity contribution in [2.45, 2.75) is 20.3 Å². The van der Waals surface area contributed by atoms with Gasteiger partial charge in [0.1, 0.15) is 0 Å². The predicted octanol–water partition coefficient (Wildman–Crippen LogP) is 1.58.